The standard InChI is InChI=1S/C15H24N2O2/c1-10(2)8-15(4,19)9-17-14(18)12-5-6-13(16)11(3)7-12/h5-7,10,19H,8-9,16H2,1-4H3,(H,17,18). The molecule has 4 heteroatoms. The van der Waals surface area contributed by atoms with E-state index in [0.29, 0.717) is 23.6 Å². The Balaban J connectivity index is 2.62. The van der Waals surface area contributed by atoms with Crippen LogP contribution in [0.4, 0.5) is 5.69 Å². The van der Waals surface area contributed by atoms with Crippen LogP contribution in [0.25, 0.3) is 0 Å². The van der Waals surface area contributed by atoms with Crippen LogP contribution >= 0.6 is 0 Å². The smallest absolute Gasteiger partial charge is 0.251 e. The second-order valence-corrected chi connectivity index (χ2v) is 5.85. The van der Waals surface area contributed by atoms with Gasteiger partial charge in [0, 0.05) is 17.8 Å². The number of aryl methyl sites for hydroxylation is 1. The molecule has 0 radical (unpaired) electrons. The van der Waals surface area contributed by atoms with E-state index in [-0.39, 0.29) is 12.5 Å². The molecule has 1 aromatic carbocycles. The number of rotatable bonds is 5. The molecule has 4 nitrogen and oxygen atoms in total. The van der Waals surface area contributed by atoms with Gasteiger partial charge < -0.3 is 16.2 Å². The monoisotopic (exact) mass is 264 g/mol. The van der Waals surface area contributed by atoms with E-state index in [1.165, 1.54) is 0 Å². The van der Waals surface area contributed by atoms with E-state index in [2.05, 4.69) is 5.32 Å². The third-order valence-electron chi connectivity index (χ3n) is 3.01. The van der Waals surface area contributed by atoms with Crippen LogP contribution < -0.4 is 11.1 Å². The maximum atomic E-state index is 12.0. The number of nitrogen functional groups attached to an aromatic ring is 1. The van der Waals surface area contributed by atoms with E-state index in [4.69, 9.17) is 5.73 Å². The maximum Gasteiger partial charge on any atom is 0.251 e. The van der Waals surface area contributed by atoms with Gasteiger partial charge in [-0.3, -0.25) is 4.79 Å². The van der Waals surface area contributed by atoms with E-state index < -0.39 is 5.60 Å². The van der Waals surface area contributed by atoms with Crippen molar-refractivity contribution in [3.05, 3.63) is 29.3 Å². The van der Waals surface area contributed by atoms with Crippen LogP contribution in [-0.2, 0) is 0 Å². The Morgan fingerprint density at radius 1 is 1.47 bits per heavy atom. The van der Waals surface area contributed by atoms with E-state index in [1.807, 2.05) is 20.8 Å². The Hall–Kier alpha value is -1.55. The van der Waals surface area contributed by atoms with E-state index in [0.717, 1.165) is 5.56 Å². The third-order valence-corrected chi connectivity index (χ3v) is 3.01. The van der Waals surface area contributed by atoms with Crippen molar-refractivity contribution in [1.29, 1.82) is 0 Å². The molecule has 19 heavy (non-hydrogen) atoms. The molecule has 0 aliphatic carbocycles. The molecule has 0 aliphatic rings. The zero-order valence-corrected chi connectivity index (χ0v) is 12.2. The van der Waals surface area contributed by atoms with Gasteiger partial charge in [0.2, 0.25) is 0 Å². The highest BCUT2D eigenvalue weighted by Crippen LogP contribution is 2.16. The average molecular weight is 264 g/mol. The van der Waals surface area contributed by atoms with Crippen molar-refractivity contribution in [1.82, 2.24) is 5.32 Å². The predicted molar refractivity (Wildman–Crippen MR) is 78.0 cm³/mol. The van der Waals surface area contributed by atoms with Gasteiger partial charge in [-0.15, -0.1) is 0 Å². The largest absolute Gasteiger partial charge is 0.399 e. The molecule has 0 saturated heterocycles. The van der Waals surface area contributed by atoms with Crippen LogP contribution in [0.2, 0.25) is 0 Å². The molecule has 0 spiro atoms. The van der Waals surface area contributed by atoms with Crippen LogP contribution in [0.5, 0.6) is 0 Å². The van der Waals surface area contributed by atoms with Gasteiger partial charge in [-0.05, 0) is 49.9 Å². The van der Waals surface area contributed by atoms with Crippen LogP contribution in [0.1, 0.15) is 43.1 Å². The Bertz CT molecular complexity index is 453. The summed E-state index contributed by atoms with van der Waals surface area (Å²) in [5.74, 6) is 0.192. The molecule has 0 bridgehead atoms. The molecule has 0 aliphatic heterocycles. The number of anilines is 1. The minimum atomic E-state index is -0.882. The second kappa shape index (κ2) is 6.06. The number of hydrogen-bond donors (Lipinski definition) is 3. The molecule has 106 valence electrons. The highest BCUT2D eigenvalue weighted by Gasteiger charge is 2.22. The van der Waals surface area contributed by atoms with Crippen molar-refractivity contribution in [2.24, 2.45) is 5.92 Å². The fourth-order valence-corrected chi connectivity index (χ4v) is 2.14. The molecule has 4 N–H and O–H groups in total. The van der Waals surface area contributed by atoms with Gasteiger partial charge in [0.15, 0.2) is 0 Å². The summed E-state index contributed by atoms with van der Waals surface area (Å²) in [6, 6.07) is 5.16. The lowest BCUT2D eigenvalue weighted by molar-refractivity contribution is 0.0368. The Labute approximate surface area is 115 Å². The predicted octanol–water partition coefficient (Wildman–Crippen LogP) is 2.10. The summed E-state index contributed by atoms with van der Waals surface area (Å²) in [5.41, 5.74) is 6.94. The fourth-order valence-electron chi connectivity index (χ4n) is 2.14. The van der Waals surface area contributed by atoms with E-state index in [9.17, 15) is 9.90 Å². The average Bonchev–Trinajstić information content (AvgIpc) is 2.28. The zero-order chi connectivity index (χ0) is 14.6. The Kier molecular flexibility index (Phi) is 4.95. The normalized spacial score (nSPS) is 14.2. The summed E-state index contributed by atoms with van der Waals surface area (Å²) in [7, 11) is 0. The minimum Gasteiger partial charge on any atom is -0.399 e. The minimum absolute atomic E-state index is 0.188. The number of amides is 1. The molecule has 1 rings (SSSR count). The van der Waals surface area contributed by atoms with Crippen LogP contribution in [0.15, 0.2) is 18.2 Å². The topological polar surface area (TPSA) is 75.3 Å². The first-order valence-corrected chi connectivity index (χ1v) is 6.58. The van der Waals surface area contributed by atoms with Gasteiger partial charge in [-0.2, -0.15) is 0 Å². The van der Waals surface area contributed by atoms with Gasteiger partial charge in [0.25, 0.3) is 5.91 Å². The van der Waals surface area contributed by atoms with Crippen molar-refractivity contribution in [2.45, 2.75) is 39.7 Å². The number of nitrogens with one attached hydrogen (secondary N) is 1. The van der Waals surface area contributed by atoms with Crippen LogP contribution in [0.3, 0.4) is 0 Å². The molecule has 0 fully saturated rings. The van der Waals surface area contributed by atoms with Crippen molar-refractivity contribution in [2.75, 3.05) is 12.3 Å². The summed E-state index contributed by atoms with van der Waals surface area (Å²) in [6.07, 6.45) is 0.647. The van der Waals surface area contributed by atoms with Crippen molar-refractivity contribution in [3.63, 3.8) is 0 Å². The first kappa shape index (κ1) is 15.5. The molecule has 0 heterocycles. The molecule has 1 atom stereocenters. The highest BCUT2D eigenvalue weighted by molar-refractivity contribution is 5.94. The van der Waals surface area contributed by atoms with Crippen LogP contribution in [0, 0.1) is 12.8 Å². The molecule has 1 amide bonds. The quantitative estimate of drug-likeness (QED) is 0.713. The number of aliphatic hydroxyl groups is 1. The number of benzene rings is 1. The lowest BCUT2D eigenvalue weighted by atomic mass is 9.94. The molecular weight excluding hydrogens is 240 g/mol. The van der Waals surface area contributed by atoms with Crippen molar-refractivity contribution < 1.29 is 9.90 Å². The number of carbonyl (C=O) groups excluding carboxylic acids is 1. The number of carbonyl (C=O) groups is 1. The third kappa shape index (κ3) is 4.91. The molecule has 0 saturated carbocycles. The number of nitrogens with two attached hydrogens (primary N) is 1. The SMILES string of the molecule is Cc1cc(C(=O)NCC(C)(O)CC(C)C)ccc1N. The lowest BCUT2D eigenvalue weighted by Crippen LogP contribution is -2.41. The zero-order valence-electron chi connectivity index (χ0n) is 12.2. The van der Waals surface area contributed by atoms with Gasteiger partial charge in [0.1, 0.15) is 0 Å². The van der Waals surface area contributed by atoms with Gasteiger partial charge >= 0.3 is 0 Å². The Morgan fingerprint density at radius 2 is 2.11 bits per heavy atom. The summed E-state index contributed by atoms with van der Waals surface area (Å²) in [5, 5.41) is 12.9. The summed E-state index contributed by atoms with van der Waals surface area (Å²) in [6.45, 7) is 7.93. The molecule has 0 aromatic heterocycles. The fraction of sp³-hybridized carbons (Fsp3) is 0.533. The summed E-state index contributed by atoms with van der Waals surface area (Å²) >= 11 is 0. The molecular formula is C15H24N2O2. The van der Waals surface area contributed by atoms with Crippen molar-refractivity contribution in [3.8, 4) is 0 Å². The van der Waals surface area contributed by atoms with Gasteiger partial charge in [-0.1, -0.05) is 13.8 Å². The maximum absolute atomic E-state index is 12.0. The van der Waals surface area contributed by atoms with Gasteiger partial charge in [-0.25, -0.2) is 0 Å². The van der Waals surface area contributed by atoms with Crippen molar-refractivity contribution >= 4 is 11.6 Å². The molecule has 1 unspecified atom stereocenters. The van der Waals surface area contributed by atoms with Crippen LogP contribution in [-0.4, -0.2) is 23.2 Å². The molecule has 1 aromatic rings. The second-order valence-electron chi connectivity index (χ2n) is 5.85. The lowest BCUT2D eigenvalue weighted by Gasteiger charge is -2.25. The highest BCUT2D eigenvalue weighted by atomic mass is 16.3. The first-order valence-electron chi connectivity index (χ1n) is 6.58. The van der Waals surface area contributed by atoms with E-state index >= 15 is 0 Å². The number of hydrogen-bond acceptors (Lipinski definition) is 3. The first-order chi connectivity index (χ1) is 8.71. The van der Waals surface area contributed by atoms with E-state index in [1.54, 1.807) is 25.1 Å². The summed E-state index contributed by atoms with van der Waals surface area (Å²) in [4.78, 5) is 12.0. The summed E-state index contributed by atoms with van der Waals surface area (Å²) < 4.78 is 0. The Morgan fingerprint density at radius 3 is 2.63 bits per heavy atom. The van der Waals surface area contributed by atoms with Gasteiger partial charge in [0.05, 0.1) is 5.60 Å².